The van der Waals surface area contributed by atoms with E-state index in [1.807, 2.05) is 13.0 Å². The molecule has 112 valence electrons. The van der Waals surface area contributed by atoms with E-state index in [1.54, 1.807) is 24.3 Å². The lowest BCUT2D eigenvalue weighted by Crippen LogP contribution is -2.33. The summed E-state index contributed by atoms with van der Waals surface area (Å²) in [6, 6.07) is 8.49. The van der Waals surface area contributed by atoms with Crippen molar-refractivity contribution in [2.45, 2.75) is 19.8 Å². The number of benzene rings is 1. The van der Waals surface area contributed by atoms with Gasteiger partial charge in [0.2, 0.25) is 5.91 Å². The first-order valence-electron chi connectivity index (χ1n) is 6.82. The maximum atomic E-state index is 11.5. The Labute approximate surface area is 124 Å². The largest absolute Gasteiger partial charge is 0.484 e. The Kier molecular flexibility index (Phi) is 7.36. The number of ether oxygens (including phenoxy) is 1. The lowest BCUT2D eigenvalue weighted by molar-refractivity contribution is -0.123. The fourth-order valence-electron chi connectivity index (χ4n) is 1.49. The summed E-state index contributed by atoms with van der Waals surface area (Å²) in [6.45, 7) is 2.78. The highest BCUT2D eigenvalue weighted by Gasteiger charge is 2.04. The molecule has 0 saturated heterocycles. The second-order valence-corrected chi connectivity index (χ2v) is 4.37. The van der Waals surface area contributed by atoms with Crippen LogP contribution < -0.4 is 15.4 Å². The average Bonchev–Trinajstić information content (AvgIpc) is 2.51. The molecule has 0 bridgehead atoms. The first kappa shape index (κ1) is 16.5. The van der Waals surface area contributed by atoms with Crippen LogP contribution in [0.2, 0.25) is 0 Å². The highest BCUT2D eigenvalue weighted by atomic mass is 16.5. The first-order valence-corrected chi connectivity index (χ1v) is 6.82. The maximum Gasteiger partial charge on any atom is 0.257 e. The average molecular weight is 289 g/mol. The smallest absolute Gasteiger partial charge is 0.257 e. The van der Waals surface area contributed by atoms with E-state index in [-0.39, 0.29) is 31.4 Å². The fraction of sp³-hybridized carbons (Fsp3) is 0.400. The van der Waals surface area contributed by atoms with E-state index in [0.717, 1.165) is 6.42 Å². The van der Waals surface area contributed by atoms with Crippen molar-refractivity contribution in [2.24, 2.45) is 0 Å². The number of hydrogen-bond acceptors (Lipinski definition) is 4. The van der Waals surface area contributed by atoms with Crippen LogP contribution in [-0.4, -0.2) is 31.5 Å². The zero-order chi connectivity index (χ0) is 15.5. The maximum absolute atomic E-state index is 11.5. The summed E-state index contributed by atoms with van der Waals surface area (Å²) in [5.74, 6) is 0.151. The van der Waals surface area contributed by atoms with Crippen molar-refractivity contribution in [1.29, 1.82) is 5.26 Å². The molecule has 0 aliphatic rings. The lowest BCUT2D eigenvalue weighted by atomic mass is 10.2. The number of nitrogens with one attached hydrogen (secondary N) is 2. The topological polar surface area (TPSA) is 91.2 Å². The predicted octanol–water partition coefficient (Wildman–Crippen LogP) is 0.970. The zero-order valence-electron chi connectivity index (χ0n) is 12.0. The van der Waals surface area contributed by atoms with Gasteiger partial charge in [-0.25, -0.2) is 0 Å². The summed E-state index contributed by atoms with van der Waals surface area (Å²) < 4.78 is 5.27. The highest BCUT2D eigenvalue weighted by molar-refractivity contribution is 5.79. The molecular weight excluding hydrogens is 270 g/mol. The van der Waals surface area contributed by atoms with Crippen molar-refractivity contribution in [1.82, 2.24) is 10.6 Å². The summed E-state index contributed by atoms with van der Waals surface area (Å²) in [7, 11) is 0. The van der Waals surface area contributed by atoms with Crippen LogP contribution in [0.25, 0.3) is 0 Å². The predicted molar refractivity (Wildman–Crippen MR) is 77.6 cm³/mol. The van der Waals surface area contributed by atoms with Gasteiger partial charge in [0.1, 0.15) is 5.75 Å². The van der Waals surface area contributed by atoms with Crippen LogP contribution in [-0.2, 0) is 9.59 Å². The van der Waals surface area contributed by atoms with E-state index in [4.69, 9.17) is 10.00 Å². The number of nitriles is 1. The molecule has 0 atom stereocenters. The van der Waals surface area contributed by atoms with Crippen molar-refractivity contribution in [2.75, 3.05) is 19.7 Å². The summed E-state index contributed by atoms with van der Waals surface area (Å²) in [4.78, 5) is 22.8. The van der Waals surface area contributed by atoms with Crippen molar-refractivity contribution < 1.29 is 14.3 Å². The van der Waals surface area contributed by atoms with Crippen LogP contribution in [0.1, 0.15) is 25.3 Å². The second kappa shape index (κ2) is 9.37. The Morgan fingerprint density at radius 3 is 2.43 bits per heavy atom. The molecule has 0 heterocycles. The second-order valence-electron chi connectivity index (χ2n) is 4.37. The number of hydrogen-bond donors (Lipinski definition) is 2. The molecule has 0 aromatic heterocycles. The molecule has 1 aromatic carbocycles. The summed E-state index contributed by atoms with van der Waals surface area (Å²) in [5.41, 5.74) is 0.532. The molecule has 0 saturated carbocycles. The molecule has 0 spiro atoms. The minimum absolute atomic E-state index is 0.0786. The van der Waals surface area contributed by atoms with Gasteiger partial charge < -0.3 is 15.4 Å². The van der Waals surface area contributed by atoms with Gasteiger partial charge in [0.25, 0.3) is 5.91 Å². The van der Waals surface area contributed by atoms with Crippen LogP contribution in [0.4, 0.5) is 0 Å². The van der Waals surface area contributed by atoms with Crippen molar-refractivity contribution >= 4 is 11.8 Å². The molecule has 0 aliphatic heterocycles. The zero-order valence-corrected chi connectivity index (χ0v) is 12.0. The summed E-state index contributed by atoms with van der Waals surface area (Å²) in [6.07, 6.45) is 1.14. The Bertz CT molecular complexity index is 506. The van der Waals surface area contributed by atoms with Gasteiger partial charge in [0, 0.05) is 19.5 Å². The molecule has 1 rings (SSSR count). The van der Waals surface area contributed by atoms with E-state index in [9.17, 15) is 9.59 Å². The first-order chi connectivity index (χ1) is 10.2. The van der Waals surface area contributed by atoms with Crippen LogP contribution in [0.5, 0.6) is 5.75 Å². The van der Waals surface area contributed by atoms with Crippen molar-refractivity contribution in [3.63, 3.8) is 0 Å². The fourth-order valence-corrected chi connectivity index (χ4v) is 1.49. The SMILES string of the molecule is CCCNC(=O)CCNC(=O)COc1ccc(C#N)cc1. The van der Waals surface area contributed by atoms with Crippen molar-refractivity contribution in [3.05, 3.63) is 29.8 Å². The molecule has 2 N–H and O–H groups in total. The summed E-state index contributed by atoms with van der Waals surface area (Å²) in [5, 5.41) is 14.0. The number of rotatable bonds is 8. The molecule has 1 aromatic rings. The monoisotopic (exact) mass is 289 g/mol. The van der Waals surface area contributed by atoms with Gasteiger partial charge in [-0.05, 0) is 30.7 Å². The Hall–Kier alpha value is -2.55. The van der Waals surface area contributed by atoms with Gasteiger partial charge in [0.15, 0.2) is 6.61 Å². The third kappa shape index (κ3) is 6.97. The van der Waals surface area contributed by atoms with E-state index in [2.05, 4.69) is 10.6 Å². The Morgan fingerprint density at radius 2 is 1.81 bits per heavy atom. The number of carbonyl (C=O) groups excluding carboxylic acids is 2. The number of carbonyl (C=O) groups is 2. The van der Waals surface area contributed by atoms with E-state index in [0.29, 0.717) is 17.9 Å². The van der Waals surface area contributed by atoms with E-state index >= 15 is 0 Å². The van der Waals surface area contributed by atoms with Gasteiger partial charge in [-0.15, -0.1) is 0 Å². The normalized spacial score (nSPS) is 9.52. The lowest BCUT2D eigenvalue weighted by Gasteiger charge is -2.07. The third-order valence-corrected chi connectivity index (χ3v) is 2.60. The Morgan fingerprint density at radius 1 is 1.14 bits per heavy atom. The Balaban J connectivity index is 2.19. The molecule has 6 heteroatoms. The van der Waals surface area contributed by atoms with Crippen LogP contribution in [0.15, 0.2) is 24.3 Å². The molecule has 6 nitrogen and oxygen atoms in total. The molecule has 0 fully saturated rings. The van der Waals surface area contributed by atoms with Crippen LogP contribution in [0.3, 0.4) is 0 Å². The van der Waals surface area contributed by atoms with Gasteiger partial charge in [0.05, 0.1) is 11.6 Å². The minimum atomic E-state index is -0.289. The molecule has 0 aliphatic carbocycles. The van der Waals surface area contributed by atoms with Crippen molar-refractivity contribution in [3.8, 4) is 11.8 Å². The number of nitrogens with zero attached hydrogens (tertiary/aromatic N) is 1. The standard InChI is InChI=1S/C15H19N3O3/c1-2-8-17-14(19)7-9-18-15(20)11-21-13-5-3-12(10-16)4-6-13/h3-6H,2,7-9,11H2,1H3,(H,17,19)(H,18,20). The van der Waals surface area contributed by atoms with Gasteiger partial charge in [-0.1, -0.05) is 6.92 Å². The van der Waals surface area contributed by atoms with Crippen LogP contribution >= 0.6 is 0 Å². The molecular formula is C15H19N3O3. The molecule has 0 unspecified atom stereocenters. The van der Waals surface area contributed by atoms with Gasteiger partial charge in [-0.2, -0.15) is 5.26 Å². The minimum Gasteiger partial charge on any atom is -0.484 e. The van der Waals surface area contributed by atoms with E-state index in [1.165, 1.54) is 0 Å². The quantitative estimate of drug-likeness (QED) is 0.746. The molecule has 2 amide bonds. The van der Waals surface area contributed by atoms with E-state index < -0.39 is 0 Å². The molecule has 21 heavy (non-hydrogen) atoms. The molecule has 0 radical (unpaired) electrons. The highest BCUT2D eigenvalue weighted by Crippen LogP contribution is 2.11. The summed E-state index contributed by atoms with van der Waals surface area (Å²) >= 11 is 0. The van der Waals surface area contributed by atoms with Gasteiger partial charge in [-0.3, -0.25) is 9.59 Å². The number of amides is 2. The third-order valence-electron chi connectivity index (χ3n) is 2.60. The van der Waals surface area contributed by atoms with Crippen LogP contribution in [0, 0.1) is 11.3 Å². The van der Waals surface area contributed by atoms with Gasteiger partial charge >= 0.3 is 0 Å².